The van der Waals surface area contributed by atoms with Gasteiger partial charge in [0.15, 0.2) is 0 Å². The van der Waals surface area contributed by atoms with E-state index in [1.54, 1.807) is 0 Å². The van der Waals surface area contributed by atoms with Gasteiger partial charge in [0, 0.05) is 0 Å². The molecule has 0 saturated carbocycles. The molecule has 0 aliphatic rings. The quantitative estimate of drug-likeness (QED) is 0.184. The minimum Gasteiger partial charge on any atom is -0.330 e. The average molecular weight is 246 g/mol. The third-order valence-electron chi connectivity index (χ3n) is 2.58. The van der Waals surface area contributed by atoms with Crippen molar-refractivity contribution in [3.8, 4) is 0 Å². The van der Waals surface area contributed by atoms with Gasteiger partial charge in [-0.05, 0) is 65.5 Å². The zero-order valence-electron chi connectivity index (χ0n) is 11.1. The van der Waals surface area contributed by atoms with Crippen molar-refractivity contribution < 1.29 is 0 Å². The molecule has 0 saturated heterocycles. The normalized spacial score (nSPS) is 12.0. The molecule has 0 spiro atoms. The van der Waals surface area contributed by atoms with Gasteiger partial charge in [0.2, 0.25) is 0 Å². The highest BCUT2D eigenvalue weighted by atomic mass is 15.3. The summed E-state index contributed by atoms with van der Waals surface area (Å²) >= 11 is 0. The molecule has 0 aliphatic heterocycles. The molecule has 0 rings (SSSR count). The lowest BCUT2D eigenvalue weighted by Crippen LogP contribution is -2.65. The molecule has 0 atom stereocenters. The van der Waals surface area contributed by atoms with Crippen LogP contribution >= 0.6 is 0 Å². The van der Waals surface area contributed by atoms with Crippen molar-refractivity contribution in [1.82, 2.24) is 16.0 Å². The Kier molecular flexibility index (Phi) is 10.7. The van der Waals surface area contributed by atoms with E-state index >= 15 is 0 Å². The van der Waals surface area contributed by atoms with Gasteiger partial charge in [-0.3, -0.25) is 16.0 Å². The summed E-state index contributed by atoms with van der Waals surface area (Å²) in [5.74, 6) is -0.264. The van der Waals surface area contributed by atoms with Gasteiger partial charge in [0.1, 0.15) is 5.79 Å². The average Bonchev–Trinajstić information content (AvgIpc) is 2.30. The van der Waals surface area contributed by atoms with Crippen LogP contribution in [0.4, 0.5) is 0 Å². The van der Waals surface area contributed by atoms with Crippen LogP contribution in [0.15, 0.2) is 0 Å². The van der Waals surface area contributed by atoms with Crippen LogP contribution in [0.25, 0.3) is 0 Å². The number of rotatable bonds is 12. The Labute approximate surface area is 105 Å². The largest absolute Gasteiger partial charge is 0.330 e. The Morgan fingerprint density at radius 2 is 1.00 bits per heavy atom. The van der Waals surface area contributed by atoms with Gasteiger partial charge in [0.05, 0.1) is 0 Å². The molecule has 17 heavy (non-hydrogen) atoms. The number of nitrogens with one attached hydrogen (secondary N) is 3. The van der Waals surface area contributed by atoms with Crippen molar-refractivity contribution in [2.45, 2.75) is 32.0 Å². The first-order valence-electron chi connectivity index (χ1n) is 6.54. The molecule has 0 aromatic carbocycles. The van der Waals surface area contributed by atoms with E-state index in [2.05, 4.69) is 22.9 Å². The third kappa shape index (κ3) is 9.46. The van der Waals surface area contributed by atoms with Crippen LogP contribution in [0, 0.1) is 0 Å². The van der Waals surface area contributed by atoms with Crippen LogP contribution in [-0.4, -0.2) is 45.1 Å². The number of hydrogen-bond acceptors (Lipinski definition) is 6. The molecule has 0 amide bonds. The van der Waals surface area contributed by atoms with Gasteiger partial charge in [-0.15, -0.1) is 0 Å². The maximum atomic E-state index is 5.49. The predicted octanol–water partition coefficient (Wildman–Crippen LogP) is -1.52. The van der Waals surface area contributed by atoms with Crippen molar-refractivity contribution in [2.75, 3.05) is 39.3 Å². The van der Waals surface area contributed by atoms with Gasteiger partial charge >= 0.3 is 0 Å². The predicted molar refractivity (Wildman–Crippen MR) is 73.4 cm³/mol. The molecular formula is C11H30N6. The second-order valence-electron chi connectivity index (χ2n) is 4.33. The molecule has 0 unspecified atom stereocenters. The summed E-state index contributed by atoms with van der Waals surface area (Å²) in [5.41, 5.74) is 16.5. The summed E-state index contributed by atoms with van der Waals surface area (Å²) in [4.78, 5) is 0. The maximum absolute atomic E-state index is 5.49. The maximum Gasteiger partial charge on any atom is 0.120 e. The number of hydrogen-bond donors (Lipinski definition) is 6. The summed E-state index contributed by atoms with van der Waals surface area (Å²) in [7, 11) is 0. The van der Waals surface area contributed by atoms with E-state index in [4.69, 9.17) is 17.2 Å². The lowest BCUT2D eigenvalue weighted by atomic mass is 10.3. The summed E-state index contributed by atoms with van der Waals surface area (Å²) in [6.07, 6.45) is 2.90. The van der Waals surface area contributed by atoms with Gasteiger partial charge in [0.25, 0.3) is 0 Å². The van der Waals surface area contributed by atoms with Crippen LogP contribution in [0.1, 0.15) is 26.2 Å². The second kappa shape index (κ2) is 10.9. The molecule has 104 valence electrons. The van der Waals surface area contributed by atoms with Crippen molar-refractivity contribution in [3.63, 3.8) is 0 Å². The molecule has 0 bridgehead atoms. The van der Waals surface area contributed by atoms with E-state index in [1.807, 2.05) is 0 Å². The smallest absolute Gasteiger partial charge is 0.120 e. The minimum absolute atomic E-state index is 0.264. The Hall–Kier alpha value is -0.240. The highest BCUT2D eigenvalue weighted by molar-refractivity contribution is 4.77. The standard InChI is InChI=1S/C11H30N6/c1-11(15-8-2-5-12,16-9-3-6-13)17-10-4-7-14/h15-17H,2-10,12-14H2,1H3. The van der Waals surface area contributed by atoms with E-state index in [0.29, 0.717) is 19.6 Å². The summed E-state index contributed by atoms with van der Waals surface area (Å²) in [5, 5.41) is 10.3. The zero-order valence-corrected chi connectivity index (χ0v) is 11.1. The highest BCUT2D eigenvalue weighted by Gasteiger charge is 2.20. The molecule has 0 aromatic heterocycles. The fraction of sp³-hybridized carbons (Fsp3) is 1.00. The molecular weight excluding hydrogens is 216 g/mol. The Morgan fingerprint density at radius 1 is 0.706 bits per heavy atom. The lowest BCUT2D eigenvalue weighted by Gasteiger charge is -2.33. The Morgan fingerprint density at radius 3 is 1.24 bits per heavy atom. The first-order valence-corrected chi connectivity index (χ1v) is 6.54. The molecule has 9 N–H and O–H groups in total. The van der Waals surface area contributed by atoms with Crippen LogP contribution in [0.5, 0.6) is 0 Å². The second-order valence-corrected chi connectivity index (χ2v) is 4.33. The SMILES string of the molecule is CC(NCCCN)(NCCCN)NCCCN. The van der Waals surface area contributed by atoms with Crippen LogP contribution < -0.4 is 33.2 Å². The fourth-order valence-corrected chi connectivity index (χ4v) is 1.51. The van der Waals surface area contributed by atoms with Crippen molar-refractivity contribution in [2.24, 2.45) is 17.2 Å². The molecule has 0 aliphatic carbocycles. The van der Waals surface area contributed by atoms with Crippen molar-refractivity contribution in [3.05, 3.63) is 0 Å². The zero-order chi connectivity index (χ0) is 13.0. The van der Waals surface area contributed by atoms with E-state index < -0.39 is 0 Å². The van der Waals surface area contributed by atoms with Gasteiger partial charge in [-0.2, -0.15) is 0 Å². The van der Waals surface area contributed by atoms with Gasteiger partial charge in [-0.1, -0.05) is 0 Å². The van der Waals surface area contributed by atoms with Crippen LogP contribution in [0.3, 0.4) is 0 Å². The Balaban J connectivity index is 3.95. The van der Waals surface area contributed by atoms with E-state index in [1.165, 1.54) is 0 Å². The summed E-state index contributed by atoms with van der Waals surface area (Å²) in [6, 6.07) is 0. The molecule has 6 nitrogen and oxygen atoms in total. The first kappa shape index (κ1) is 16.8. The lowest BCUT2D eigenvalue weighted by molar-refractivity contribution is 0.221. The molecule has 0 radical (unpaired) electrons. The van der Waals surface area contributed by atoms with E-state index in [9.17, 15) is 0 Å². The van der Waals surface area contributed by atoms with Gasteiger partial charge < -0.3 is 17.2 Å². The van der Waals surface area contributed by atoms with Crippen LogP contribution in [0.2, 0.25) is 0 Å². The summed E-state index contributed by atoms with van der Waals surface area (Å²) in [6.45, 7) is 6.86. The molecule has 0 aromatic rings. The summed E-state index contributed by atoms with van der Waals surface area (Å²) < 4.78 is 0. The number of nitrogens with two attached hydrogens (primary N) is 3. The fourth-order valence-electron chi connectivity index (χ4n) is 1.51. The van der Waals surface area contributed by atoms with E-state index in [-0.39, 0.29) is 5.79 Å². The third-order valence-corrected chi connectivity index (χ3v) is 2.58. The topological polar surface area (TPSA) is 114 Å². The Bertz CT molecular complexity index is 138. The van der Waals surface area contributed by atoms with Crippen LogP contribution in [-0.2, 0) is 0 Å². The molecule has 0 fully saturated rings. The monoisotopic (exact) mass is 246 g/mol. The van der Waals surface area contributed by atoms with Crippen molar-refractivity contribution >= 4 is 0 Å². The van der Waals surface area contributed by atoms with Crippen molar-refractivity contribution in [1.29, 1.82) is 0 Å². The minimum atomic E-state index is -0.264. The van der Waals surface area contributed by atoms with Gasteiger partial charge in [-0.25, -0.2) is 0 Å². The van der Waals surface area contributed by atoms with E-state index in [0.717, 1.165) is 38.9 Å². The highest BCUT2D eigenvalue weighted by Crippen LogP contribution is 1.95. The molecule has 0 heterocycles. The molecule has 6 heteroatoms. The first-order chi connectivity index (χ1) is 8.18.